The lowest BCUT2D eigenvalue weighted by atomic mass is 10.2. The van der Waals surface area contributed by atoms with E-state index in [1.165, 1.54) is 4.31 Å². The Morgan fingerprint density at radius 1 is 0.857 bits per heavy atom. The Morgan fingerprint density at radius 2 is 1.32 bits per heavy atom. The van der Waals surface area contributed by atoms with Crippen molar-refractivity contribution in [1.82, 2.24) is 9.03 Å². The van der Waals surface area contributed by atoms with E-state index >= 15 is 0 Å². The number of nitrogens with zero attached hydrogens (tertiary/aromatic N) is 1. The molecule has 6 nitrogen and oxygen atoms in total. The number of nitrogens with one attached hydrogen (secondary N) is 1. The molecular formula is C20H28N2O4S2. The van der Waals surface area contributed by atoms with Gasteiger partial charge in [-0.2, -0.15) is 4.31 Å². The number of aryl methyl sites for hydroxylation is 2. The molecule has 28 heavy (non-hydrogen) atoms. The maximum Gasteiger partial charge on any atom is 0.243 e. The van der Waals surface area contributed by atoms with Crippen molar-refractivity contribution in [1.29, 1.82) is 0 Å². The fourth-order valence-electron chi connectivity index (χ4n) is 2.91. The number of sulfonamides is 2. The van der Waals surface area contributed by atoms with Gasteiger partial charge in [-0.3, -0.25) is 0 Å². The van der Waals surface area contributed by atoms with Gasteiger partial charge in [-0.25, -0.2) is 21.6 Å². The fraction of sp³-hybridized carbons (Fsp3) is 0.400. The van der Waals surface area contributed by atoms with E-state index in [4.69, 9.17) is 0 Å². The number of hydrogen-bond acceptors (Lipinski definition) is 4. The largest absolute Gasteiger partial charge is 0.243 e. The van der Waals surface area contributed by atoms with E-state index in [9.17, 15) is 16.8 Å². The molecule has 1 atom stereocenters. The first-order valence-electron chi connectivity index (χ1n) is 9.23. The Balaban J connectivity index is 2.04. The second-order valence-electron chi connectivity index (χ2n) is 6.87. The van der Waals surface area contributed by atoms with Crippen LogP contribution in [0.15, 0.2) is 58.3 Å². The molecule has 0 aromatic heterocycles. The smallest absolute Gasteiger partial charge is 0.211 e. The zero-order chi connectivity index (χ0) is 20.9. The molecule has 0 bridgehead atoms. The molecule has 2 rings (SSSR count). The van der Waals surface area contributed by atoms with E-state index in [2.05, 4.69) is 4.72 Å². The van der Waals surface area contributed by atoms with Crippen molar-refractivity contribution in [3.8, 4) is 0 Å². The summed E-state index contributed by atoms with van der Waals surface area (Å²) in [5, 5.41) is 0. The van der Waals surface area contributed by atoms with Crippen molar-refractivity contribution in [3.05, 3.63) is 59.7 Å². The van der Waals surface area contributed by atoms with Crippen molar-refractivity contribution in [2.24, 2.45) is 0 Å². The van der Waals surface area contributed by atoms with Gasteiger partial charge in [0.15, 0.2) is 0 Å². The van der Waals surface area contributed by atoms with Crippen molar-refractivity contribution in [2.75, 3.05) is 13.1 Å². The van der Waals surface area contributed by atoms with Gasteiger partial charge in [-0.05, 0) is 51.5 Å². The highest BCUT2D eigenvalue weighted by atomic mass is 32.2. The summed E-state index contributed by atoms with van der Waals surface area (Å²) in [7, 11) is -7.25. The summed E-state index contributed by atoms with van der Waals surface area (Å²) in [6, 6.07) is 13.0. The predicted molar refractivity (Wildman–Crippen MR) is 111 cm³/mol. The van der Waals surface area contributed by atoms with Crippen molar-refractivity contribution in [3.63, 3.8) is 0 Å². The first-order valence-corrected chi connectivity index (χ1v) is 12.1. The lowest BCUT2D eigenvalue weighted by Gasteiger charge is -2.27. The van der Waals surface area contributed by atoms with Gasteiger partial charge in [0.05, 0.1) is 9.79 Å². The van der Waals surface area contributed by atoms with E-state index in [1.807, 2.05) is 13.8 Å². The molecule has 0 saturated heterocycles. The maximum atomic E-state index is 12.9. The summed E-state index contributed by atoms with van der Waals surface area (Å²) in [4.78, 5) is 0.442. The normalized spacial score (nSPS) is 13.6. The minimum absolute atomic E-state index is 0.150. The Bertz CT molecular complexity index is 984. The van der Waals surface area contributed by atoms with Gasteiger partial charge >= 0.3 is 0 Å². The van der Waals surface area contributed by atoms with E-state index in [1.54, 1.807) is 62.4 Å². The highest BCUT2D eigenvalue weighted by molar-refractivity contribution is 7.89. The Morgan fingerprint density at radius 3 is 1.79 bits per heavy atom. The SMILES string of the molecule is CCN(C(C)CCNS(=O)(=O)c1ccc(C)cc1)S(=O)(=O)c1ccc(C)cc1. The van der Waals surface area contributed by atoms with Gasteiger partial charge in [0, 0.05) is 19.1 Å². The van der Waals surface area contributed by atoms with Gasteiger partial charge in [-0.15, -0.1) is 0 Å². The van der Waals surface area contributed by atoms with Crippen LogP contribution in [0.3, 0.4) is 0 Å². The molecule has 0 fully saturated rings. The van der Waals surface area contributed by atoms with Crippen LogP contribution in [0.25, 0.3) is 0 Å². The van der Waals surface area contributed by atoms with Gasteiger partial charge in [0.1, 0.15) is 0 Å². The molecule has 0 spiro atoms. The summed E-state index contributed by atoms with van der Waals surface area (Å²) in [6.07, 6.45) is 0.365. The van der Waals surface area contributed by atoms with Gasteiger partial charge in [0.2, 0.25) is 20.0 Å². The van der Waals surface area contributed by atoms with E-state index < -0.39 is 20.0 Å². The van der Waals surface area contributed by atoms with Gasteiger partial charge in [0.25, 0.3) is 0 Å². The summed E-state index contributed by atoms with van der Waals surface area (Å²) in [5.41, 5.74) is 1.97. The third kappa shape index (κ3) is 5.41. The second kappa shape index (κ2) is 9.17. The average Bonchev–Trinajstić information content (AvgIpc) is 2.62. The van der Waals surface area contributed by atoms with E-state index in [0.29, 0.717) is 13.0 Å². The molecule has 8 heteroatoms. The van der Waals surface area contributed by atoms with Crippen molar-refractivity contribution in [2.45, 2.75) is 49.9 Å². The number of benzene rings is 2. The number of hydrogen-bond donors (Lipinski definition) is 1. The third-order valence-corrected chi connectivity index (χ3v) is 8.20. The molecular weight excluding hydrogens is 396 g/mol. The monoisotopic (exact) mass is 424 g/mol. The third-order valence-electron chi connectivity index (χ3n) is 4.62. The predicted octanol–water partition coefficient (Wildman–Crippen LogP) is 3.07. The molecule has 0 radical (unpaired) electrons. The van der Waals surface area contributed by atoms with Crippen LogP contribution in [0, 0.1) is 13.8 Å². The van der Waals surface area contributed by atoms with Crippen LogP contribution >= 0.6 is 0 Å². The van der Waals surface area contributed by atoms with Crippen LogP contribution in [-0.4, -0.2) is 40.3 Å². The Kier molecular flexibility index (Phi) is 7.39. The summed E-state index contributed by atoms with van der Waals surface area (Å²) in [6.45, 7) is 7.81. The standard InChI is InChI=1S/C20H28N2O4S2/c1-5-22(28(25,26)20-12-8-17(3)9-13-20)18(4)14-15-21-27(23,24)19-10-6-16(2)7-11-19/h6-13,18,21H,5,14-15H2,1-4H3. The second-order valence-corrected chi connectivity index (χ2v) is 10.5. The van der Waals surface area contributed by atoms with Crippen LogP contribution in [0.5, 0.6) is 0 Å². The molecule has 0 aliphatic heterocycles. The average molecular weight is 425 g/mol. The van der Waals surface area contributed by atoms with Crippen LogP contribution in [0.4, 0.5) is 0 Å². The summed E-state index contributed by atoms with van der Waals surface area (Å²) in [5.74, 6) is 0. The Hall–Kier alpha value is -1.74. The van der Waals surface area contributed by atoms with Crippen LogP contribution < -0.4 is 4.72 Å². The minimum Gasteiger partial charge on any atom is -0.211 e. The quantitative estimate of drug-likeness (QED) is 0.671. The van der Waals surface area contributed by atoms with Crippen molar-refractivity contribution < 1.29 is 16.8 Å². The zero-order valence-electron chi connectivity index (χ0n) is 16.7. The molecule has 0 amide bonds. The molecule has 0 aliphatic carbocycles. The minimum atomic E-state index is -3.63. The zero-order valence-corrected chi connectivity index (χ0v) is 18.3. The lowest BCUT2D eigenvalue weighted by molar-refractivity contribution is 0.335. The molecule has 1 N–H and O–H groups in total. The molecule has 0 heterocycles. The fourth-order valence-corrected chi connectivity index (χ4v) is 5.63. The molecule has 2 aromatic rings. The first kappa shape index (κ1) is 22.5. The molecule has 2 aromatic carbocycles. The van der Waals surface area contributed by atoms with Crippen LogP contribution in [0.2, 0.25) is 0 Å². The summed E-state index contributed by atoms with van der Waals surface area (Å²) >= 11 is 0. The van der Waals surface area contributed by atoms with Gasteiger partial charge < -0.3 is 0 Å². The Labute approximate surface area is 168 Å². The molecule has 154 valence electrons. The lowest BCUT2D eigenvalue weighted by Crippen LogP contribution is -2.40. The van der Waals surface area contributed by atoms with Crippen LogP contribution in [0.1, 0.15) is 31.4 Å². The van der Waals surface area contributed by atoms with Crippen LogP contribution in [-0.2, 0) is 20.0 Å². The highest BCUT2D eigenvalue weighted by Gasteiger charge is 2.27. The molecule has 0 aliphatic rings. The highest BCUT2D eigenvalue weighted by Crippen LogP contribution is 2.20. The molecule has 1 unspecified atom stereocenters. The van der Waals surface area contributed by atoms with Crippen molar-refractivity contribution >= 4 is 20.0 Å². The first-order chi connectivity index (χ1) is 13.1. The maximum absolute atomic E-state index is 12.9. The van der Waals surface area contributed by atoms with Gasteiger partial charge in [-0.1, -0.05) is 42.3 Å². The molecule has 0 saturated carbocycles. The number of rotatable bonds is 9. The van der Waals surface area contributed by atoms with E-state index in [-0.39, 0.29) is 22.4 Å². The summed E-state index contributed by atoms with van der Waals surface area (Å²) < 4.78 is 54.5. The topological polar surface area (TPSA) is 83.6 Å². The van der Waals surface area contributed by atoms with E-state index in [0.717, 1.165) is 11.1 Å².